The van der Waals surface area contributed by atoms with Crippen molar-refractivity contribution in [2.75, 3.05) is 0 Å². The van der Waals surface area contributed by atoms with Crippen molar-refractivity contribution in [1.29, 1.82) is 0 Å². The van der Waals surface area contributed by atoms with Gasteiger partial charge < -0.3 is 16.6 Å². The van der Waals surface area contributed by atoms with E-state index in [2.05, 4.69) is 0 Å². The zero-order valence-corrected chi connectivity index (χ0v) is 17.8. The second kappa shape index (κ2) is 8.76. The summed E-state index contributed by atoms with van der Waals surface area (Å²) in [5.41, 5.74) is 11.7. The van der Waals surface area contributed by atoms with E-state index in [-0.39, 0.29) is 4.90 Å². The minimum absolute atomic E-state index is 0.255. The summed E-state index contributed by atoms with van der Waals surface area (Å²) in [5, 5.41) is 10.3. The zero-order valence-electron chi connectivity index (χ0n) is 17.0. The van der Waals surface area contributed by atoms with Crippen molar-refractivity contribution < 1.29 is 27.9 Å². The molecule has 0 aliphatic heterocycles. The monoisotopic (exact) mass is 446 g/mol. The maximum absolute atomic E-state index is 13.7. The maximum atomic E-state index is 13.7. The Labute approximate surface area is 180 Å². The number of aliphatic carboxylic acids is 1. The molecule has 0 heterocycles. The van der Waals surface area contributed by atoms with Crippen LogP contribution in [0.25, 0.3) is 10.8 Å². The Hall–Kier alpha value is -2.78. The molecule has 2 atom stereocenters. The molecule has 0 radical (unpaired) electrons. The molecule has 0 saturated heterocycles. The average Bonchev–Trinajstić information content (AvgIpc) is 2.73. The van der Waals surface area contributed by atoms with Gasteiger partial charge in [-0.25, -0.2) is 8.42 Å². The summed E-state index contributed by atoms with van der Waals surface area (Å²) in [4.78, 5) is 34.3. The second-order valence-corrected chi connectivity index (χ2v) is 10.3. The van der Waals surface area contributed by atoms with E-state index in [9.17, 15) is 27.9 Å². The maximum Gasteiger partial charge on any atom is 0.306 e. The van der Waals surface area contributed by atoms with Crippen LogP contribution >= 0.6 is 0 Å². The van der Waals surface area contributed by atoms with Crippen LogP contribution in [0, 0.1) is 11.8 Å². The Morgan fingerprint density at radius 1 is 1.03 bits per heavy atom. The summed E-state index contributed by atoms with van der Waals surface area (Å²) in [6.07, 6.45) is 2.36. The van der Waals surface area contributed by atoms with E-state index in [0.29, 0.717) is 23.6 Å². The number of nitrogens with two attached hydrogens (primary N) is 2. The van der Waals surface area contributed by atoms with Crippen molar-refractivity contribution in [2.24, 2.45) is 23.3 Å². The number of fused-ring (bicyclic) bond motifs is 1. The molecule has 1 unspecified atom stereocenters. The van der Waals surface area contributed by atoms with Crippen LogP contribution in [0.4, 0.5) is 0 Å². The van der Waals surface area contributed by atoms with E-state index in [1.807, 2.05) is 0 Å². The van der Waals surface area contributed by atoms with Crippen molar-refractivity contribution in [2.45, 2.75) is 48.3 Å². The van der Waals surface area contributed by atoms with Gasteiger partial charge in [-0.05, 0) is 30.2 Å². The Balaban J connectivity index is 2.17. The average molecular weight is 447 g/mol. The number of Topliss-reactive ketones (excluding diaryl/α,β-unsaturated/α-hetero) is 1. The van der Waals surface area contributed by atoms with E-state index >= 15 is 0 Å². The number of carboxylic acids is 1. The van der Waals surface area contributed by atoms with E-state index < -0.39 is 50.6 Å². The third-order valence-electron chi connectivity index (χ3n) is 6.06. The summed E-state index contributed by atoms with van der Waals surface area (Å²) in [7, 11) is -4.70. The smallest absolute Gasteiger partial charge is 0.306 e. The van der Waals surface area contributed by atoms with Crippen LogP contribution < -0.4 is 11.5 Å². The number of hydrogen-bond acceptors (Lipinski definition) is 6. The van der Waals surface area contributed by atoms with Gasteiger partial charge in [0.25, 0.3) is 0 Å². The van der Waals surface area contributed by atoms with Crippen LogP contribution in [0.3, 0.4) is 0 Å². The first kappa shape index (κ1) is 22.9. The standard InChI is InChI=1S/C22H26N2O6S/c23-21(28)19(15-8-2-1-3-9-15)20(27)22(24,13-18(25)26)31(29,30)17-12-6-10-14-7-4-5-11-16(14)17/h4-7,10-12,15,19H,1-3,8-9,13,24H2,(H2,23,28)(H,25,26)/t19?,22-/m1/s1. The number of sulfone groups is 1. The molecule has 1 aliphatic carbocycles. The Morgan fingerprint density at radius 3 is 2.26 bits per heavy atom. The quantitative estimate of drug-likeness (QED) is 0.523. The molecule has 3 rings (SSSR count). The molecule has 0 bridgehead atoms. The molecule has 8 nitrogen and oxygen atoms in total. The molecular weight excluding hydrogens is 420 g/mol. The molecule has 0 spiro atoms. The molecule has 5 N–H and O–H groups in total. The summed E-state index contributed by atoms with van der Waals surface area (Å²) in [6, 6.07) is 11.1. The first-order valence-corrected chi connectivity index (χ1v) is 11.6. The lowest BCUT2D eigenvalue weighted by Gasteiger charge is -2.34. The summed E-state index contributed by atoms with van der Waals surface area (Å²) in [5.74, 6) is -5.62. The van der Waals surface area contributed by atoms with Gasteiger partial charge in [0, 0.05) is 5.39 Å². The number of amides is 1. The third-order valence-corrected chi connectivity index (χ3v) is 8.30. The lowest BCUT2D eigenvalue weighted by molar-refractivity contribution is -0.143. The van der Waals surface area contributed by atoms with E-state index in [4.69, 9.17) is 11.5 Å². The number of hydrogen-bond donors (Lipinski definition) is 3. The van der Waals surface area contributed by atoms with Gasteiger partial charge >= 0.3 is 5.97 Å². The molecule has 9 heteroatoms. The zero-order chi connectivity index (χ0) is 22.8. The molecule has 1 amide bonds. The highest BCUT2D eigenvalue weighted by molar-refractivity contribution is 7.93. The predicted octanol–water partition coefficient (Wildman–Crippen LogP) is 1.99. The number of carbonyl (C=O) groups excluding carboxylic acids is 2. The van der Waals surface area contributed by atoms with Crippen LogP contribution in [0.15, 0.2) is 47.4 Å². The fraction of sp³-hybridized carbons (Fsp3) is 0.409. The molecular formula is C22H26N2O6S. The van der Waals surface area contributed by atoms with Gasteiger partial charge in [-0.3, -0.25) is 14.4 Å². The number of carboxylic acid groups (broad SMARTS) is 1. The fourth-order valence-corrected chi connectivity index (χ4v) is 6.30. The lowest BCUT2D eigenvalue weighted by Crippen LogP contribution is -2.60. The molecule has 0 aromatic heterocycles. The van der Waals surface area contributed by atoms with Crippen molar-refractivity contribution >= 4 is 38.3 Å². The molecule has 166 valence electrons. The topological polar surface area (TPSA) is 158 Å². The number of primary amides is 1. The molecule has 1 saturated carbocycles. The van der Waals surface area contributed by atoms with Gasteiger partial charge in [-0.2, -0.15) is 0 Å². The van der Waals surface area contributed by atoms with Crippen LogP contribution in [0.5, 0.6) is 0 Å². The predicted molar refractivity (Wildman–Crippen MR) is 115 cm³/mol. The minimum Gasteiger partial charge on any atom is -0.481 e. The fourth-order valence-electron chi connectivity index (χ4n) is 4.47. The number of benzene rings is 2. The Kier molecular flexibility index (Phi) is 6.47. The van der Waals surface area contributed by atoms with Crippen LogP contribution in [0.2, 0.25) is 0 Å². The molecule has 2 aromatic carbocycles. The summed E-state index contributed by atoms with van der Waals surface area (Å²) >= 11 is 0. The van der Waals surface area contributed by atoms with Crippen LogP contribution in [-0.4, -0.2) is 36.1 Å². The molecule has 1 fully saturated rings. The van der Waals surface area contributed by atoms with Crippen molar-refractivity contribution in [3.05, 3.63) is 42.5 Å². The van der Waals surface area contributed by atoms with Gasteiger partial charge in [0.2, 0.25) is 15.7 Å². The second-order valence-electron chi connectivity index (χ2n) is 8.08. The SMILES string of the molecule is NC(=O)C(C(=O)[C@@](N)(CC(=O)O)S(=O)(=O)c1cccc2ccccc12)C1CCCCC1. The third kappa shape index (κ3) is 4.20. The first-order chi connectivity index (χ1) is 14.6. The normalized spacial score (nSPS) is 18.2. The van der Waals surface area contributed by atoms with E-state index in [1.165, 1.54) is 12.1 Å². The van der Waals surface area contributed by atoms with Crippen LogP contribution in [0.1, 0.15) is 38.5 Å². The molecule has 1 aliphatic rings. The van der Waals surface area contributed by atoms with Crippen molar-refractivity contribution in [3.8, 4) is 0 Å². The van der Waals surface area contributed by atoms with Crippen molar-refractivity contribution in [1.82, 2.24) is 0 Å². The Bertz CT molecular complexity index is 1120. The van der Waals surface area contributed by atoms with E-state index in [1.54, 1.807) is 30.3 Å². The summed E-state index contributed by atoms with van der Waals surface area (Å²) in [6.45, 7) is 0. The van der Waals surface area contributed by atoms with Gasteiger partial charge in [0.1, 0.15) is 5.92 Å². The number of ketones is 1. The highest BCUT2D eigenvalue weighted by Crippen LogP contribution is 2.37. The Morgan fingerprint density at radius 2 is 1.65 bits per heavy atom. The van der Waals surface area contributed by atoms with E-state index in [0.717, 1.165) is 19.3 Å². The van der Waals surface area contributed by atoms with Crippen LogP contribution in [-0.2, 0) is 24.2 Å². The van der Waals surface area contributed by atoms with Crippen molar-refractivity contribution in [3.63, 3.8) is 0 Å². The largest absolute Gasteiger partial charge is 0.481 e. The van der Waals surface area contributed by atoms with Gasteiger partial charge in [-0.15, -0.1) is 0 Å². The van der Waals surface area contributed by atoms with Gasteiger partial charge in [-0.1, -0.05) is 55.7 Å². The number of rotatable bonds is 8. The van der Waals surface area contributed by atoms with Gasteiger partial charge in [0.05, 0.1) is 11.3 Å². The highest BCUT2D eigenvalue weighted by Gasteiger charge is 2.54. The lowest BCUT2D eigenvalue weighted by atomic mass is 9.76. The molecule has 2 aromatic rings. The molecule has 31 heavy (non-hydrogen) atoms. The minimum atomic E-state index is -4.70. The highest BCUT2D eigenvalue weighted by atomic mass is 32.2. The first-order valence-electron chi connectivity index (χ1n) is 10.2. The van der Waals surface area contributed by atoms with Gasteiger partial charge in [0.15, 0.2) is 10.7 Å². The number of carbonyl (C=O) groups is 3. The summed E-state index contributed by atoms with van der Waals surface area (Å²) < 4.78 is 27.4.